The largest absolute Gasteiger partial charge is 0.378 e. The number of nitrogens with zero attached hydrogens (tertiary/aromatic N) is 7. The lowest BCUT2D eigenvalue weighted by molar-refractivity contribution is -0.136. The maximum Gasteiger partial charge on any atom is 0.227 e. The van der Waals surface area contributed by atoms with E-state index in [1.165, 1.54) is 0 Å². The molecule has 0 aliphatic carbocycles. The van der Waals surface area contributed by atoms with Gasteiger partial charge in [-0.2, -0.15) is 5.10 Å². The lowest BCUT2D eigenvalue weighted by Gasteiger charge is -2.34. The second kappa shape index (κ2) is 9.52. The number of anilines is 1. The van der Waals surface area contributed by atoms with E-state index in [1.807, 2.05) is 30.4 Å². The molecule has 2 aliphatic heterocycles. The fraction of sp³-hybridized carbons (Fsp3) is 0.696. The molecule has 1 amide bonds. The van der Waals surface area contributed by atoms with Crippen LogP contribution in [0.25, 0.3) is 0 Å². The molecular weight excluding hydrogens is 406 g/mol. The molecule has 1 atom stereocenters. The number of piperidine rings is 1. The molecule has 4 rings (SSSR count). The highest BCUT2D eigenvalue weighted by Crippen LogP contribution is 2.30. The van der Waals surface area contributed by atoms with Crippen LogP contribution in [0.1, 0.15) is 54.4 Å². The standard InChI is InChI=1S/C23H35N7O2/c1-15(14-30-19(5)25-18(4)27-30)23(31)29-8-6-20(7-9-29)21-24-17(3)16(2)22(26-21)28-10-12-32-13-11-28/h15,20H,6-14H2,1-5H3. The highest BCUT2D eigenvalue weighted by Gasteiger charge is 2.29. The Kier molecular flexibility index (Phi) is 6.74. The van der Waals surface area contributed by atoms with Crippen molar-refractivity contribution >= 4 is 11.7 Å². The van der Waals surface area contributed by atoms with Gasteiger partial charge in [-0.3, -0.25) is 4.79 Å². The first kappa shape index (κ1) is 22.6. The van der Waals surface area contributed by atoms with E-state index in [0.717, 1.165) is 86.8 Å². The summed E-state index contributed by atoms with van der Waals surface area (Å²) in [5.41, 5.74) is 2.19. The van der Waals surface area contributed by atoms with Crippen molar-refractivity contribution < 1.29 is 9.53 Å². The summed E-state index contributed by atoms with van der Waals surface area (Å²) in [6.45, 7) is 15.2. The van der Waals surface area contributed by atoms with E-state index in [1.54, 1.807) is 0 Å². The van der Waals surface area contributed by atoms with Crippen molar-refractivity contribution in [3.63, 3.8) is 0 Å². The van der Waals surface area contributed by atoms with E-state index in [2.05, 4.69) is 28.8 Å². The molecule has 9 nitrogen and oxygen atoms in total. The van der Waals surface area contributed by atoms with Gasteiger partial charge in [0.15, 0.2) is 0 Å². The van der Waals surface area contributed by atoms with Crippen LogP contribution in [0.5, 0.6) is 0 Å². The molecule has 0 N–H and O–H groups in total. The summed E-state index contributed by atoms with van der Waals surface area (Å²) in [6.07, 6.45) is 1.79. The summed E-state index contributed by atoms with van der Waals surface area (Å²) in [6, 6.07) is 0. The predicted octanol–water partition coefficient (Wildman–Crippen LogP) is 2.18. The summed E-state index contributed by atoms with van der Waals surface area (Å²) in [5.74, 6) is 3.90. The Bertz CT molecular complexity index is 959. The first-order chi connectivity index (χ1) is 15.3. The molecule has 0 aromatic carbocycles. The second-order valence-electron chi connectivity index (χ2n) is 9.10. The first-order valence-electron chi connectivity index (χ1n) is 11.7. The number of amides is 1. The Morgan fingerprint density at radius 2 is 1.72 bits per heavy atom. The minimum Gasteiger partial charge on any atom is -0.378 e. The number of carbonyl (C=O) groups excluding carboxylic acids is 1. The van der Waals surface area contributed by atoms with Crippen molar-refractivity contribution in [2.75, 3.05) is 44.3 Å². The molecule has 2 aliphatic rings. The van der Waals surface area contributed by atoms with Crippen LogP contribution in [0.15, 0.2) is 0 Å². The van der Waals surface area contributed by atoms with Gasteiger partial charge >= 0.3 is 0 Å². The topological polar surface area (TPSA) is 89.3 Å². The molecule has 2 fully saturated rings. The molecule has 0 saturated carbocycles. The number of rotatable bonds is 5. The highest BCUT2D eigenvalue weighted by atomic mass is 16.5. The average molecular weight is 442 g/mol. The smallest absolute Gasteiger partial charge is 0.227 e. The first-order valence-corrected chi connectivity index (χ1v) is 11.7. The molecule has 9 heteroatoms. The number of hydrogen-bond donors (Lipinski definition) is 0. The third-order valence-electron chi connectivity index (χ3n) is 6.69. The number of morpholine rings is 1. The molecule has 1 unspecified atom stereocenters. The summed E-state index contributed by atoms with van der Waals surface area (Å²) in [4.78, 5) is 31.5. The van der Waals surface area contributed by atoms with Gasteiger partial charge in [0.2, 0.25) is 5.91 Å². The highest BCUT2D eigenvalue weighted by molar-refractivity contribution is 5.78. The van der Waals surface area contributed by atoms with Crippen molar-refractivity contribution in [1.29, 1.82) is 0 Å². The van der Waals surface area contributed by atoms with Gasteiger partial charge in [-0.05, 0) is 40.5 Å². The number of aryl methyl sites for hydroxylation is 3. The van der Waals surface area contributed by atoms with E-state index in [4.69, 9.17) is 14.7 Å². The minimum absolute atomic E-state index is 0.128. The predicted molar refractivity (Wildman–Crippen MR) is 122 cm³/mol. The van der Waals surface area contributed by atoms with Crippen LogP contribution in [-0.4, -0.2) is 74.9 Å². The summed E-state index contributed by atoms with van der Waals surface area (Å²) >= 11 is 0. The van der Waals surface area contributed by atoms with E-state index in [-0.39, 0.29) is 17.7 Å². The quantitative estimate of drug-likeness (QED) is 0.702. The Labute approximate surface area is 190 Å². The summed E-state index contributed by atoms with van der Waals surface area (Å²) < 4.78 is 7.34. The average Bonchev–Trinajstić information content (AvgIpc) is 3.12. The SMILES string of the molecule is Cc1nc(C)n(CC(C)C(=O)N2CCC(c3nc(C)c(C)c(N4CCOCC4)n3)CC2)n1. The maximum atomic E-state index is 13.0. The lowest BCUT2D eigenvalue weighted by Crippen LogP contribution is -2.42. The van der Waals surface area contributed by atoms with Crippen molar-refractivity contribution in [3.05, 3.63) is 28.7 Å². The molecule has 0 radical (unpaired) electrons. The van der Waals surface area contributed by atoms with Crippen LogP contribution in [-0.2, 0) is 16.1 Å². The Morgan fingerprint density at radius 1 is 1.03 bits per heavy atom. The van der Waals surface area contributed by atoms with Crippen LogP contribution in [0.2, 0.25) is 0 Å². The van der Waals surface area contributed by atoms with Crippen molar-refractivity contribution in [3.8, 4) is 0 Å². The number of hydrogen-bond acceptors (Lipinski definition) is 7. The van der Waals surface area contributed by atoms with Crippen molar-refractivity contribution in [1.82, 2.24) is 29.6 Å². The van der Waals surface area contributed by atoms with E-state index in [0.29, 0.717) is 6.54 Å². The molecule has 32 heavy (non-hydrogen) atoms. The molecule has 2 aromatic rings. The monoisotopic (exact) mass is 441 g/mol. The van der Waals surface area contributed by atoms with Crippen LogP contribution < -0.4 is 4.90 Å². The molecule has 0 spiro atoms. The van der Waals surface area contributed by atoms with E-state index >= 15 is 0 Å². The molecule has 2 aromatic heterocycles. The third-order valence-corrected chi connectivity index (χ3v) is 6.69. The number of ether oxygens (including phenoxy) is 1. The number of aromatic nitrogens is 5. The van der Waals surface area contributed by atoms with Crippen molar-refractivity contribution in [2.24, 2.45) is 5.92 Å². The van der Waals surface area contributed by atoms with Gasteiger partial charge in [-0.1, -0.05) is 6.92 Å². The minimum atomic E-state index is -0.128. The normalized spacial score (nSPS) is 18.8. The zero-order valence-electron chi connectivity index (χ0n) is 20.0. The Balaban J connectivity index is 1.39. The maximum absolute atomic E-state index is 13.0. The van der Waals surface area contributed by atoms with Crippen LogP contribution >= 0.6 is 0 Å². The van der Waals surface area contributed by atoms with Crippen LogP contribution in [0.3, 0.4) is 0 Å². The fourth-order valence-electron chi connectivity index (χ4n) is 4.64. The van der Waals surface area contributed by atoms with E-state index < -0.39 is 0 Å². The van der Waals surface area contributed by atoms with Crippen LogP contribution in [0, 0.1) is 33.6 Å². The fourth-order valence-corrected chi connectivity index (χ4v) is 4.64. The Morgan fingerprint density at radius 3 is 2.34 bits per heavy atom. The Hall–Kier alpha value is -2.55. The zero-order chi connectivity index (χ0) is 22.8. The molecular formula is C23H35N7O2. The van der Waals surface area contributed by atoms with Gasteiger partial charge in [-0.15, -0.1) is 0 Å². The van der Waals surface area contributed by atoms with Crippen molar-refractivity contribution in [2.45, 2.75) is 59.9 Å². The summed E-state index contributed by atoms with van der Waals surface area (Å²) in [5, 5.41) is 4.40. The molecule has 2 saturated heterocycles. The molecule has 0 bridgehead atoms. The van der Waals surface area contributed by atoms with Gasteiger partial charge < -0.3 is 14.5 Å². The third kappa shape index (κ3) is 4.77. The number of carbonyl (C=O) groups is 1. The number of likely N-dealkylation sites (tertiary alicyclic amines) is 1. The van der Waals surface area contributed by atoms with E-state index in [9.17, 15) is 4.79 Å². The van der Waals surface area contributed by atoms with Gasteiger partial charge in [-0.25, -0.2) is 19.6 Å². The summed E-state index contributed by atoms with van der Waals surface area (Å²) in [7, 11) is 0. The van der Waals surface area contributed by atoms with Gasteiger partial charge in [0, 0.05) is 43.4 Å². The molecule has 174 valence electrons. The second-order valence-corrected chi connectivity index (χ2v) is 9.10. The van der Waals surface area contributed by atoms with Gasteiger partial charge in [0.05, 0.1) is 25.7 Å². The zero-order valence-corrected chi connectivity index (χ0v) is 20.0. The van der Waals surface area contributed by atoms with Crippen LogP contribution in [0.4, 0.5) is 5.82 Å². The van der Waals surface area contributed by atoms with Gasteiger partial charge in [0.1, 0.15) is 23.3 Å². The molecule has 4 heterocycles. The van der Waals surface area contributed by atoms with Gasteiger partial charge in [0.25, 0.3) is 0 Å². The lowest BCUT2D eigenvalue weighted by atomic mass is 9.94.